The van der Waals surface area contributed by atoms with Crippen molar-refractivity contribution < 1.29 is 9.59 Å². The number of thiophene rings is 1. The molecule has 0 radical (unpaired) electrons. The second-order valence-corrected chi connectivity index (χ2v) is 5.37. The molecular formula is C11H15ClN2O2S. The van der Waals surface area contributed by atoms with Crippen LogP contribution in [0.25, 0.3) is 0 Å². The van der Waals surface area contributed by atoms with Gasteiger partial charge in [-0.3, -0.25) is 14.5 Å². The number of carbonyl (C=O) groups excluding carboxylic acids is 2. The molecule has 0 unspecified atom stereocenters. The Morgan fingerprint density at radius 3 is 2.65 bits per heavy atom. The second-order valence-electron chi connectivity index (χ2n) is 3.65. The maximum Gasteiger partial charge on any atom is 0.234 e. The minimum Gasteiger partial charge on any atom is -0.355 e. The van der Waals surface area contributed by atoms with Crippen LogP contribution < -0.4 is 5.32 Å². The maximum absolute atomic E-state index is 11.8. The number of Topliss-reactive ketones (excluding diaryl/α,β-unsaturated/α-hetero) is 1. The van der Waals surface area contributed by atoms with E-state index in [2.05, 4.69) is 5.32 Å². The lowest BCUT2D eigenvalue weighted by molar-refractivity contribution is -0.121. The van der Waals surface area contributed by atoms with Crippen molar-refractivity contribution in [2.75, 3.05) is 26.7 Å². The molecule has 0 aliphatic heterocycles. The van der Waals surface area contributed by atoms with Gasteiger partial charge in [0.25, 0.3) is 0 Å². The number of carbonyl (C=O) groups is 2. The smallest absolute Gasteiger partial charge is 0.234 e. The van der Waals surface area contributed by atoms with Gasteiger partial charge in [-0.1, -0.05) is 11.6 Å². The van der Waals surface area contributed by atoms with Gasteiger partial charge in [-0.2, -0.15) is 0 Å². The van der Waals surface area contributed by atoms with Gasteiger partial charge in [0, 0.05) is 6.54 Å². The molecule has 0 aromatic carbocycles. The first-order chi connectivity index (χ1) is 8.02. The van der Waals surface area contributed by atoms with E-state index in [0.717, 1.165) is 0 Å². The zero-order valence-electron chi connectivity index (χ0n) is 9.83. The van der Waals surface area contributed by atoms with Gasteiger partial charge in [-0.05, 0) is 26.1 Å². The number of likely N-dealkylation sites (N-methyl/N-ethyl adjacent to an activating group) is 2. The minimum absolute atomic E-state index is 0.0197. The zero-order chi connectivity index (χ0) is 12.8. The number of hydrogen-bond acceptors (Lipinski definition) is 4. The first kappa shape index (κ1) is 14.2. The number of rotatable bonds is 6. The Morgan fingerprint density at radius 2 is 2.12 bits per heavy atom. The third-order valence-corrected chi connectivity index (χ3v) is 3.32. The van der Waals surface area contributed by atoms with E-state index in [1.165, 1.54) is 11.3 Å². The Morgan fingerprint density at radius 1 is 1.41 bits per heavy atom. The molecule has 1 heterocycles. The van der Waals surface area contributed by atoms with Crippen LogP contribution in [0.4, 0.5) is 0 Å². The van der Waals surface area contributed by atoms with Gasteiger partial charge in [0.1, 0.15) is 0 Å². The number of halogens is 1. The Kier molecular flexibility index (Phi) is 5.61. The molecule has 1 aromatic rings. The summed E-state index contributed by atoms with van der Waals surface area (Å²) in [5, 5.41) is 2.68. The second kappa shape index (κ2) is 6.74. The lowest BCUT2D eigenvalue weighted by Gasteiger charge is -2.14. The van der Waals surface area contributed by atoms with Gasteiger partial charge in [0.05, 0.1) is 22.3 Å². The summed E-state index contributed by atoms with van der Waals surface area (Å²) in [6, 6.07) is 3.40. The summed E-state index contributed by atoms with van der Waals surface area (Å²) in [6.07, 6.45) is 0. The fourth-order valence-corrected chi connectivity index (χ4v) is 2.31. The predicted molar refractivity (Wildman–Crippen MR) is 69.8 cm³/mol. The van der Waals surface area contributed by atoms with Crippen LogP contribution >= 0.6 is 22.9 Å². The van der Waals surface area contributed by atoms with Crippen molar-refractivity contribution >= 4 is 34.6 Å². The molecule has 1 amide bonds. The van der Waals surface area contributed by atoms with Crippen molar-refractivity contribution in [3.05, 3.63) is 21.3 Å². The summed E-state index contributed by atoms with van der Waals surface area (Å²) in [6.45, 7) is 2.89. The van der Waals surface area contributed by atoms with Gasteiger partial charge in [0.2, 0.25) is 5.91 Å². The molecule has 1 aromatic heterocycles. The molecule has 0 fully saturated rings. The third kappa shape index (κ3) is 4.85. The Balaban J connectivity index is 2.43. The highest BCUT2D eigenvalue weighted by Crippen LogP contribution is 2.21. The number of amides is 1. The molecule has 1 N–H and O–H groups in total. The zero-order valence-corrected chi connectivity index (χ0v) is 11.4. The highest BCUT2D eigenvalue weighted by atomic mass is 35.5. The molecule has 0 bridgehead atoms. The molecule has 0 aliphatic carbocycles. The SMILES string of the molecule is CCNC(=O)CN(C)CC(=O)c1ccc(Cl)s1. The van der Waals surface area contributed by atoms with Crippen LogP contribution in [0.15, 0.2) is 12.1 Å². The largest absolute Gasteiger partial charge is 0.355 e. The van der Waals surface area contributed by atoms with E-state index in [9.17, 15) is 9.59 Å². The van der Waals surface area contributed by atoms with E-state index in [-0.39, 0.29) is 24.8 Å². The van der Waals surface area contributed by atoms with E-state index < -0.39 is 0 Å². The first-order valence-electron chi connectivity index (χ1n) is 5.26. The van der Waals surface area contributed by atoms with Gasteiger partial charge < -0.3 is 5.32 Å². The third-order valence-electron chi connectivity index (χ3n) is 2.05. The summed E-state index contributed by atoms with van der Waals surface area (Å²) in [5.41, 5.74) is 0. The van der Waals surface area contributed by atoms with Crippen molar-refractivity contribution in [3.63, 3.8) is 0 Å². The van der Waals surface area contributed by atoms with Gasteiger partial charge >= 0.3 is 0 Å². The predicted octanol–water partition coefficient (Wildman–Crippen LogP) is 1.65. The number of hydrogen-bond donors (Lipinski definition) is 1. The van der Waals surface area contributed by atoms with Crippen LogP contribution in [-0.4, -0.2) is 43.3 Å². The average Bonchev–Trinajstić information content (AvgIpc) is 2.64. The number of ketones is 1. The molecule has 4 nitrogen and oxygen atoms in total. The summed E-state index contributed by atoms with van der Waals surface area (Å²) < 4.78 is 0.597. The summed E-state index contributed by atoms with van der Waals surface area (Å²) in [7, 11) is 1.74. The quantitative estimate of drug-likeness (QED) is 0.803. The van der Waals surface area contributed by atoms with Gasteiger partial charge in [-0.25, -0.2) is 0 Å². The molecule has 0 atom stereocenters. The minimum atomic E-state index is -0.0768. The molecule has 17 heavy (non-hydrogen) atoms. The maximum atomic E-state index is 11.8. The highest BCUT2D eigenvalue weighted by Gasteiger charge is 2.13. The molecule has 94 valence electrons. The van der Waals surface area contributed by atoms with Crippen molar-refractivity contribution in [1.82, 2.24) is 10.2 Å². The van der Waals surface area contributed by atoms with Crippen molar-refractivity contribution in [2.45, 2.75) is 6.92 Å². The number of nitrogens with zero attached hydrogens (tertiary/aromatic N) is 1. The Bertz CT molecular complexity index is 406. The molecular weight excluding hydrogens is 260 g/mol. The lowest BCUT2D eigenvalue weighted by Crippen LogP contribution is -2.37. The molecule has 0 saturated heterocycles. The van der Waals surface area contributed by atoms with Crippen LogP contribution in [0.1, 0.15) is 16.6 Å². The van der Waals surface area contributed by atoms with Crippen LogP contribution in [-0.2, 0) is 4.79 Å². The fourth-order valence-electron chi connectivity index (χ4n) is 1.34. The summed E-state index contributed by atoms with van der Waals surface area (Å²) in [4.78, 5) is 25.4. The Labute approximate surface area is 110 Å². The van der Waals surface area contributed by atoms with E-state index >= 15 is 0 Å². The van der Waals surface area contributed by atoms with Crippen LogP contribution in [0.2, 0.25) is 4.34 Å². The van der Waals surface area contributed by atoms with Crippen LogP contribution in [0.3, 0.4) is 0 Å². The molecule has 0 saturated carbocycles. The van der Waals surface area contributed by atoms with E-state index in [4.69, 9.17) is 11.6 Å². The first-order valence-corrected chi connectivity index (χ1v) is 6.46. The van der Waals surface area contributed by atoms with E-state index in [0.29, 0.717) is 15.8 Å². The number of nitrogens with one attached hydrogen (secondary N) is 1. The average molecular weight is 275 g/mol. The normalized spacial score (nSPS) is 10.6. The standard InChI is InChI=1S/C11H15ClN2O2S/c1-3-13-11(16)7-14(2)6-8(15)9-4-5-10(12)17-9/h4-5H,3,6-7H2,1-2H3,(H,13,16). The van der Waals surface area contributed by atoms with E-state index in [1.54, 1.807) is 24.1 Å². The lowest BCUT2D eigenvalue weighted by atomic mass is 10.3. The molecule has 0 aliphatic rings. The van der Waals surface area contributed by atoms with Crippen LogP contribution in [0.5, 0.6) is 0 Å². The fraction of sp³-hybridized carbons (Fsp3) is 0.455. The van der Waals surface area contributed by atoms with Crippen molar-refractivity contribution in [2.24, 2.45) is 0 Å². The molecule has 1 rings (SSSR count). The van der Waals surface area contributed by atoms with E-state index in [1.807, 2.05) is 6.92 Å². The Hall–Kier alpha value is -0.910. The van der Waals surface area contributed by atoms with Gasteiger partial charge in [0.15, 0.2) is 5.78 Å². The highest BCUT2D eigenvalue weighted by molar-refractivity contribution is 7.18. The monoisotopic (exact) mass is 274 g/mol. The molecule has 0 spiro atoms. The van der Waals surface area contributed by atoms with Crippen molar-refractivity contribution in [3.8, 4) is 0 Å². The molecule has 6 heteroatoms. The van der Waals surface area contributed by atoms with Crippen molar-refractivity contribution in [1.29, 1.82) is 0 Å². The van der Waals surface area contributed by atoms with Crippen LogP contribution in [0, 0.1) is 0 Å². The summed E-state index contributed by atoms with van der Waals surface area (Å²) in [5.74, 6) is -0.0966. The van der Waals surface area contributed by atoms with Gasteiger partial charge in [-0.15, -0.1) is 11.3 Å². The topological polar surface area (TPSA) is 49.4 Å². The summed E-state index contributed by atoms with van der Waals surface area (Å²) >= 11 is 7.01.